The lowest BCUT2D eigenvalue weighted by atomic mass is 10.1. The van der Waals surface area contributed by atoms with E-state index in [1.54, 1.807) is 37.4 Å². The van der Waals surface area contributed by atoms with Gasteiger partial charge in [0.1, 0.15) is 5.75 Å². The van der Waals surface area contributed by atoms with Crippen LogP contribution in [0.25, 0.3) is 0 Å². The van der Waals surface area contributed by atoms with Crippen LogP contribution in [0.2, 0.25) is 0 Å². The van der Waals surface area contributed by atoms with Crippen LogP contribution < -0.4 is 15.4 Å². The number of thiocarbonyl (C=S) groups is 1. The van der Waals surface area contributed by atoms with E-state index < -0.39 is 0 Å². The highest BCUT2D eigenvalue weighted by Crippen LogP contribution is 2.22. The molecule has 0 aromatic heterocycles. The first-order chi connectivity index (χ1) is 14.4. The van der Waals surface area contributed by atoms with Gasteiger partial charge in [-0.2, -0.15) is 0 Å². The highest BCUT2D eigenvalue weighted by Gasteiger charge is 2.22. The molecule has 2 aromatic rings. The van der Waals surface area contributed by atoms with Gasteiger partial charge in [0.05, 0.1) is 21.9 Å². The predicted octanol–water partition coefficient (Wildman–Crippen LogP) is 2.81. The van der Waals surface area contributed by atoms with Crippen LogP contribution in [0.1, 0.15) is 20.7 Å². The average Bonchev–Trinajstić information content (AvgIpc) is 2.74. The summed E-state index contributed by atoms with van der Waals surface area (Å²) < 4.78 is 6.04. The molecule has 2 aromatic carbocycles. The molecule has 1 aliphatic rings. The maximum atomic E-state index is 13.0. The number of likely N-dealkylation sites (N-methyl/N-ethyl adjacent to an activating group) is 1. The number of rotatable bonds is 4. The van der Waals surface area contributed by atoms with E-state index in [0.29, 0.717) is 35.7 Å². The lowest BCUT2D eigenvalue weighted by Gasteiger charge is -2.32. The molecule has 0 spiro atoms. The monoisotopic (exact) mass is 538 g/mol. The normalized spacial score (nSPS) is 14.2. The number of nitrogens with one attached hydrogen (secondary N) is 2. The molecule has 9 heteroatoms. The molecule has 0 unspecified atom stereocenters. The second-order valence-electron chi connectivity index (χ2n) is 6.90. The minimum atomic E-state index is -0.337. The van der Waals surface area contributed by atoms with E-state index in [-0.39, 0.29) is 16.9 Å². The number of piperazine rings is 1. The smallest absolute Gasteiger partial charge is 0.257 e. The fourth-order valence-electron chi connectivity index (χ4n) is 3.09. The Balaban J connectivity index is 1.67. The van der Waals surface area contributed by atoms with Crippen LogP contribution in [0, 0.1) is 3.57 Å². The fraction of sp³-hybridized carbons (Fsp3) is 0.286. The van der Waals surface area contributed by atoms with Crippen molar-refractivity contribution >= 4 is 57.4 Å². The van der Waals surface area contributed by atoms with E-state index in [1.807, 2.05) is 24.1 Å². The SMILES string of the molecule is COc1ccc(C(=O)NC(=S)Nc2ccccc2C(=O)N2CCN(C)CC2)cc1I. The maximum absolute atomic E-state index is 13.0. The minimum absolute atomic E-state index is 0.0509. The molecule has 7 nitrogen and oxygen atoms in total. The molecule has 1 fully saturated rings. The van der Waals surface area contributed by atoms with E-state index in [0.717, 1.165) is 16.7 Å². The van der Waals surface area contributed by atoms with Crippen molar-refractivity contribution in [3.05, 3.63) is 57.2 Å². The summed E-state index contributed by atoms with van der Waals surface area (Å²) in [4.78, 5) is 29.5. The van der Waals surface area contributed by atoms with Gasteiger partial charge in [0.2, 0.25) is 0 Å². The van der Waals surface area contributed by atoms with Crippen molar-refractivity contribution in [3.63, 3.8) is 0 Å². The average molecular weight is 538 g/mol. The first-order valence-electron chi connectivity index (χ1n) is 9.41. The van der Waals surface area contributed by atoms with Gasteiger partial charge in [0, 0.05) is 31.7 Å². The van der Waals surface area contributed by atoms with Crippen LogP contribution in [0.4, 0.5) is 5.69 Å². The van der Waals surface area contributed by atoms with Gasteiger partial charge in [-0.25, -0.2) is 0 Å². The Morgan fingerprint density at radius 3 is 2.47 bits per heavy atom. The van der Waals surface area contributed by atoms with Crippen molar-refractivity contribution in [3.8, 4) is 5.75 Å². The van der Waals surface area contributed by atoms with Crippen molar-refractivity contribution in [1.29, 1.82) is 0 Å². The van der Waals surface area contributed by atoms with Gasteiger partial charge in [0.15, 0.2) is 5.11 Å². The third-order valence-corrected chi connectivity index (χ3v) is 5.88. The summed E-state index contributed by atoms with van der Waals surface area (Å²) in [6.45, 7) is 3.05. The molecule has 1 heterocycles. The summed E-state index contributed by atoms with van der Waals surface area (Å²) in [5.74, 6) is 0.310. The number of para-hydroxylation sites is 1. The third-order valence-electron chi connectivity index (χ3n) is 4.84. The second-order valence-corrected chi connectivity index (χ2v) is 8.47. The number of anilines is 1. The zero-order chi connectivity index (χ0) is 21.7. The van der Waals surface area contributed by atoms with Gasteiger partial charge in [-0.05, 0) is 72.2 Å². The van der Waals surface area contributed by atoms with E-state index in [4.69, 9.17) is 17.0 Å². The Hall–Kier alpha value is -2.24. The molecule has 0 saturated carbocycles. The lowest BCUT2D eigenvalue weighted by molar-refractivity contribution is 0.0665. The Bertz CT molecular complexity index is 961. The van der Waals surface area contributed by atoms with Crippen molar-refractivity contribution in [2.45, 2.75) is 0 Å². The van der Waals surface area contributed by atoms with Crippen LogP contribution in [0.3, 0.4) is 0 Å². The summed E-state index contributed by atoms with van der Waals surface area (Å²) in [5.41, 5.74) is 1.56. The Kier molecular flexibility index (Phi) is 7.62. The highest BCUT2D eigenvalue weighted by molar-refractivity contribution is 14.1. The fourth-order valence-corrected chi connectivity index (χ4v) is 4.03. The number of hydrogen-bond donors (Lipinski definition) is 2. The number of halogens is 1. The number of hydrogen-bond acceptors (Lipinski definition) is 5. The Morgan fingerprint density at radius 1 is 1.10 bits per heavy atom. The molecule has 1 aliphatic heterocycles. The number of methoxy groups -OCH3 is 1. The van der Waals surface area contributed by atoms with Crippen molar-refractivity contribution in [2.24, 2.45) is 0 Å². The number of amides is 2. The van der Waals surface area contributed by atoms with Crippen LogP contribution in [0.5, 0.6) is 5.75 Å². The quantitative estimate of drug-likeness (QED) is 0.461. The van der Waals surface area contributed by atoms with Crippen LogP contribution in [0.15, 0.2) is 42.5 Å². The van der Waals surface area contributed by atoms with Gasteiger partial charge in [-0.15, -0.1) is 0 Å². The van der Waals surface area contributed by atoms with E-state index in [2.05, 4.69) is 38.1 Å². The van der Waals surface area contributed by atoms with Crippen molar-refractivity contribution in [2.75, 3.05) is 45.7 Å². The minimum Gasteiger partial charge on any atom is -0.496 e. The molecular formula is C21H23IN4O3S. The van der Waals surface area contributed by atoms with Crippen molar-refractivity contribution in [1.82, 2.24) is 15.1 Å². The summed E-state index contributed by atoms with van der Waals surface area (Å²) in [6, 6.07) is 12.3. The Labute approximate surface area is 194 Å². The molecule has 2 amide bonds. The zero-order valence-electron chi connectivity index (χ0n) is 16.8. The summed E-state index contributed by atoms with van der Waals surface area (Å²) >= 11 is 7.42. The zero-order valence-corrected chi connectivity index (χ0v) is 19.7. The first kappa shape index (κ1) is 22.4. The number of carbonyl (C=O) groups is 2. The van der Waals surface area contributed by atoms with E-state index >= 15 is 0 Å². The number of ether oxygens (including phenoxy) is 1. The largest absolute Gasteiger partial charge is 0.496 e. The predicted molar refractivity (Wildman–Crippen MR) is 129 cm³/mol. The molecule has 30 heavy (non-hydrogen) atoms. The standard InChI is InChI=1S/C21H23IN4O3S/c1-25-9-11-26(12-10-25)20(28)15-5-3-4-6-17(15)23-21(30)24-19(27)14-7-8-18(29-2)16(22)13-14/h3-8,13H,9-12H2,1-2H3,(H2,23,24,27,30). The van der Waals surface area contributed by atoms with Crippen LogP contribution in [-0.4, -0.2) is 67.1 Å². The molecule has 0 aliphatic carbocycles. The maximum Gasteiger partial charge on any atom is 0.257 e. The second kappa shape index (κ2) is 10.2. The summed E-state index contributed by atoms with van der Waals surface area (Å²) in [5, 5.41) is 5.79. The van der Waals surface area contributed by atoms with Gasteiger partial charge in [0.25, 0.3) is 11.8 Å². The molecule has 0 bridgehead atoms. The van der Waals surface area contributed by atoms with E-state index in [9.17, 15) is 9.59 Å². The van der Waals surface area contributed by atoms with Crippen LogP contribution >= 0.6 is 34.8 Å². The molecule has 2 N–H and O–H groups in total. The number of carbonyl (C=O) groups excluding carboxylic acids is 2. The first-order valence-corrected chi connectivity index (χ1v) is 10.9. The summed E-state index contributed by atoms with van der Waals surface area (Å²) in [6.07, 6.45) is 0. The summed E-state index contributed by atoms with van der Waals surface area (Å²) in [7, 11) is 3.62. The highest BCUT2D eigenvalue weighted by atomic mass is 127. The number of benzene rings is 2. The number of nitrogens with zero attached hydrogens (tertiary/aromatic N) is 2. The lowest BCUT2D eigenvalue weighted by Crippen LogP contribution is -2.47. The third kappa shape index (κ3) is 5.46. The van der Waals surface area contributed by atoms with Crippen LogP contribution in [-0.2, 0) is 0 Å². The molecule has 1 saturated heterocycles. The van der Waals surface area contributed by atoms with E-state index in [1.165, 1.54) is 0 Å². The Morgan fingerprint density at radius 2 is 1.80 bits per heavy atom. The molecule has 158 valence electrons. The molecule has 0 atom stereocenters. The molecular weight excluding hydrogens is 515 g/mol. The van der Waals surface area contributed by atoms with Crippen molar-refractivity contribution < 1.29 is 14.3 Å². The topological polar surface area (TPSA) is 73.9 Å². The van der Waals surface area contributed by atoms with Gasteiger partial charge in [-0.3, -0.25) is 14.9 Å². The van der Waals surface area contributed by atoms with Gasteiger partial charge >= 0.3 is 0 Å². The van der Waals surface area contributed by atoms with Gasteiger partial charge < -0.3 is 19.9 Å². The molecule has 0 radical (unpaired) electrons. The molecule has 3 rings (SSSR count). The van der Waals surface area contributed by atoms with Gasteiger partial charge in [-0.1, -0.05) is 12.1 Å².